The molecule has 0 bridgehead atoms. The second kappa shape index (κ2) is 9.91. The Morgan fingerprint density at radius 3 is 2.77 bits per heavy atom. The lowest BCUT2D eigenvalue weighted by Crippen LogP contribution is -2.43. The molecule has 1 fully saturated rings. The molecule has 8 nitrogen and oxygen atoms in total. The van der Waals surface area contributed by atoms with Crippen LogP contribution in [0.2, 0.25) is 0 Å². The number of benzene rings is 2. The smallest absolute Gasteiger partial charge is 0.267 e. The Hall–Kier alpha value is -4.50. The summed E-state index contributed by atoms with van der Waals surface area (Å²) in [6.45, 7) is 1.20. The zero-order valence-corrected chi connectivity index (χ0v) is 22.5. The number of thiophene rings is 1. The molecule has 200 valence electrons. The van der Waals surface area contributed by atoms with Gasteiger partial charge in [-0.1, -0.05) is 18.2 Å². The molecule has 0 unspecified atom stereocenters. The molecule has 40 heavy (non-hydrogen) atoms. The van der Waals surface area contributed by atoms with E-state index in [1.807, 2.05) is 58.8 Å². The molecule has 9 heteroatoms. The predicted octanol–water partition coefficient (Wildman–Crippen LogP) is 5.42. The number of nitrogens with zero attached hydrogens (tertiary/aromatic N) is 2. The van der Waals surface area contributed by atoms with Crippen molar-refractivity contribution in [1.82, 2.24) is 4.98 Å². The average Bonchev–Trinajstić information content (AvgIpc) is 3.59. The minimum atomic E-state index is -0.426. The fourth-order valence-corrected chi connectivity index (χ4v) is 6.32. The fraction of sp³-hybridized carbons (Fsp3) is 0.226. The first-order valence-corrected chi connectivity index (χ1v) is 14.4. The Balaban J connectivity index is 1.05. The number of aromatic nitrogens is 1. The summed E-state index contributed by atoms with van der Waals surface area (Å²) in [6, 6.07) is 17.9. The largest absolute Gasteiger partial charge is 0.380 e. The highest BCUT2D eigenvalue weighted by molar-refractivity contribution is 7.12. The van der Waals surface area contributed by atoms with Gasteiger partial charge < -0.3 is 20.9 Å². The van der Waals surface area contributed by atoms with E-state index in [2.05, 4.69) is 27.0 Å². The summed E-state index contributed by atoms with van der Waals surface area (Å²) in [4.78, 5) is 45.0. The van der Waals surface area contributed by atoms with Crippen molar-refractivity contribution in [1.29, 1.82) is 0 Å². The summed E-state index contributed by atoms with van der Waals surface area (Å²) in [5.74, 6) is -0.179. The lowest BCUT2D eigenvalue weighted by molar-refractivity contribution is 0.103. The number of rotatable bonds is 8. The van der Waals surface area contributed by atoms with Crippen LogP contribution in [0.15, 0.2) is 75.8 Å². The minimum absolute atomic E-state index is 0.179. The van der Waals surface area contributed by atoms with Crippen LogP contribution in [0.4, 0.5) is 28.4 Å². The number of anilines is 5. The summed E-state index contributed by atoms with van der Waals surface area (Å²) in [7, 11) is 0. The molecule has 0 radical (unpaired) electrons. The molecule has 2 aromatic heterocycles. The molecule has 1 amide bonds. The Kier molecular flexibility index (Phi) is 6.08. The number of para-hydroxylation sites is 1. The standard InChI is InChI=1S/C31H27N5O3S/c37-28-26(34-20-4-3-5-20)27(29(28)38)36-14-11-18-16-21(8-9-25(18)36)35-31(39)30-24(12-15-40-30)33-17-19-10-13-32-23-7-2-1-6-22(19)23/h1-2,6-10,12-13,15-16,20,33-34H,3-5,11,14,17H2,(H,35,39). The van der Waals surface area contributed by atoms with Gasteiger partial charge in [-0.25, -0.2) is 0 Å². The monoisotopic (exact) mass is 549 g/mol. The van der Waals surface area contributed by atoms with Crippen LogP contribution in [0.3, 0.4) is 0 Å². The van der Waals surface area contributed by atoms with Crippen molar-refractivity contribution in [2.24, 2.45) is 0 Å². The van der Waals surface area contributed by atoms with Gasteiger partial charge >= 0.3 is 0 Å². The van der Waals surface area contributed by atoms with Crippen LogP contribution in [0.25, 0.3) is 10.9 Å². The topological polar surface area (TPSA) is 103 Å². The van der Waals surface area contributed by atoms with Crippen molar-refractivity contribution in [2.45, 2.75) is 38.3 Å². The quantitative estimate of drug-likeness (QED) is 0.222. The molecule has 0 saturated heterocycles. The Labute approximate surface area is 234 Å². The van der Waals surface area contributed by atoms with E-state index in [1.54, 1.807) is 6.20 Å². The molecule has 7 rings (SSSR count). The van der Waals surface area contributed by atoms with Gasteiger partial charge in [0.05, 0.1) is 11.2 Å². The van der Waals surface area contributed by atoms with Crippen LogP contribution in [0, 0.1) is 0 Å². The third-order valence-corrected chi connectivity index (χ3v) is 8.83. The molecule has 0 spiro atoms. The first-order chi connectivity index (χ1) is 19.6. The number of fused-ring (bicyclic) bond motifs is 2. The zero-order chi connectivity index (χ0) is 27.2. The predicted molar refractivity (Wildman–Crippen MR) is 161 cm³/mol. The summed E-state index contributed by atoms with van der Waals surface area (Å²) in [5, 5.41) is 12.7. The molecule has 3 aromatic carbocycles. The van der Waals surface area contributed by atoms with Crippen LogP contribution < -0.4 is 31.7 Å². The molecule has 2 aliphatic rings. The number of pyridine rings is 1. The number of hydrogen-bond donors (Lipinski definition) is 3. The molecule has 3 heterocycles. The van der Waals surface area contributed by atoms with E-state index in [-0.39, 0.29) is 11.9 Å². The van der Waals surface area contributed by atoms with Crippen LogP contribution >= 0.6 is 11.3 Å². The molecular weight excluding hydrogens is 522 g/mol. The number of carbonyl (C=O) groups excluding carboxylic acids is 1. The van der Waals surface area contributed by atoms with E-state index >= 15 is 0 Å². The van der Waals surface area contributed by atoms with Gasteiger partial charge in [0, 0.05) is 42.1 Å². The molecule has 3 N–H and O–H groups in total. The normalized spacial score (nSPS) is 14.8. The minimum Gasteiger partial charge on any atom is -0.380 e. The first-order valence-electron chi connectivity index (χ1n) is 13.5. The highest BCUT2D eigenvalue weighted by atomic mass is 32.1. The van der Waals surface area contributed by atoms with Gasteiger partial charge in [-0.05, 0) is 78.6 Å². The van der Waals surface area contributed by atoms with Gasteiger partial charge in [0.2, 0.25) is 0 Å². The Morgan fingerprint density at radius 1 is 1.05 bits per heavy atom. The van der Waals surface area contributed by atoms with Gasteiger partial charge in [-0.2, -0.15) is 0 Å². The number of hydrogen-bond acceptors (Lipinski definition) is 8. The maximum absolute atomic E-state index is 13.2. The van der Waals surface area contributed by atoms with E-state index in [9.17, 15) is 14.4 Å². The number of nitrogens with one attached hydrogen (secondary N) is 3. The Morgan fingerprint density at radius 2 is 1.93 bits per heavy atom. The summed E-state index contributed by atoms with van der Waals surface area (Å²) < 4.78 is 0. The van der Waals surface area contributed by atoms with Crippen molar-refractivity contribution in [3.8, 4) is 0 Å². The zero-order valence-electron chi connectivity index (χ0n) is 21.7. The van der Waals surface area contributed by atoms with Crippen LogP contribution in [-0.4, -0.2) is 23.5 Å². The highest BCUT2D eigenvalue weighted by Gasteiger charge is 2.33. The highest BCUT2D eigenvalue weighted by Crippen LogP contribution is 2.38. The van der Waals surface area contributed by atoms with Crippen LogP contribution in [0.5, 0.6) is 0 Å². The first kappa shape index (κ1) is 24.5. The van der Waals surface area contributed by atoms with E-state index in [1.165, 1.54) is 11.3 Å². The molecule has 1 saturated carbocycles. The maximum atomic E-state index is 13.2. The molecule has 5 aromatic rings. The van der Waals surface area contributed by atoms with Crippen molar-refractivity contribution in [3.63, 3.8) is 0 Å². The number of amides is 1. The van der Waals surface area contributed by atoms with E-state index in [0.717, 1.165) is 59.1 Å². The summed E-state index contributed by atoms with van der Waals surface area (Å²) >= 11 is 1.39. The van der Waals surface area contributed by atoms with Gasteiger partial charge in [-0.3, -0.25) is 19.4 Å². The second-order valence-electron chi connectivity index (χ2n) is 10.4. The lowest BCUT2D eigenvalue weighted by Gasteiger charge is -2.31. The van der Waals surface area contributed by atoms with Gasteiger partial charge in [0.1, 0.15) is 16.3 Å². The average molecular weight is 550 g/mol. The third-order valence-electron chi connectivity index (χ3n) is 7.92. The number of carbonyl (C=O) groups is 1. The van der Waals surface area contributed by atoms with E-state index in [4.69, 9.17) is 0 Å². The van der Waals surface area contributed by atoms with Gasteiger partial charge in [-0.15, -0.1) is 11.3 Å². The maximum Gasteiger partial charge on any atom is 0.267 e. The third kappa shape index (κ3) is 4.23. The van der Waals surface area contributed by atoms with Crippen molar-refractivity contribution in [3.05, 3.63) is 103 Å². The summed E-state index contributed by atoms with van der Waals surface area (Å²) in [5.41, 5.74) is 5.56. The fourth-order valence-electron chi connectivity index (χ4n) is 5.55. The lowest BCUT2D eigenvalue weighted by atomic mass is 9.92. The van der Waals surface area contributed by atoms with Crippen molar-refractivity contribution in [2.75, 3.05) is 27.4 Å². The van der Waals surface area contributed by atoms with Crippen LogP contribution in [0.1, 0.15) is 40.1 Å². The summed E-state index contributed by atoms with van der Waals surface area (Å²) in [6.07, 6.45) is 5.73. The second-order valence-corrected chi connectivity index (χ2v) is 11.3. The van der Waals surface area contributed by atoms with Gasteiger partial charge in [0.15, 0.2) is 0 Å². The van der Waals surface area contributed by atoms with Gasteiger partial charge in [0.25, 0.3) is 16.8 Å². The van der Waals surface area contributed by atoms with E-state index < -0.39 is 10.9 Å². The molecule has 1 aliphatic carbocycles. The van der Waals surface area contributed by atoms with E-state index in [0.29, 0.717) is 35.0 Å². The SMILES string of the molecule is O=C(Nc1ccc2c(c1)CCN2c1c(NC2CCC2)c(=O)c1=O)c1sccc1NCc1ccnc2ccccc12. The molecule has 1 aliphatic heterocycles. The molecular formula is C31H27N5O3S. The van der Waals surface area contributed by atoms with Crippen molar-refractivity contribution < 1.29 is 4.79 Å². The van der Waals surface area contributed by atoms with Crippen molar-refractivity contribution >= 4 is 56.6 Å². The Bertz CT molecular complexity index is 1830. The van der Waals surface area contributed by atoms with Crippen LogP contribution in [-0.2, 0) is 13.0 Å². The molecule has 0 atom stereocenters.